The summed E-state index contributed by atoms with van der Waals surface area (Å²) in [4.78, 5) is -0.558. The van der Waals surface area contributed by atoms with E-state index < -0.39 is 20.7 Å². The Morgan fingerprint density at radius 3 is 2.57 bits per heavy atom. The van der Waals surface area contributed by atoms with E-state index in [1.807, 2.05) is 0 Å². The number of ether oxygens (including phenoxy) is 1. The largest absolute Gasteiger partial charge is 0.398 e. The summed E-state index contributed by atoms with van der Waals surface area (Å²) in [5, 5.41) is 0. The lowest BCUT2D eigenvalue weighted by atomic mass is 10.2. The van der Waals surface area contributed by atoms with Crippen LogP contribution in [0.15, 0.2) is 47.4 Å². The van der Waals surface area contributed by atoms with Crippen LogP contribution in [0.25, 0.3) is 0 Å². The predicted molar refractivity (Wildman–Crippen MR) is 78.8 cm³/mol. The predicted octanol–water partition coefficient (Wildman–Crippen LogP) is 2.36. The maximum absolute atomic E-state index is 13.8. The molecule has 2 rings (SSSR count). The van der Waals surface area contributed by atoms with Gasteiger partial charge >= 0.3 is 0 Å². The molecule has 0 heterocycles. The van der Waals surface area contributed by atoms with Crippen LogP contribution in [0, 0.1) is 5.82 Å². The first-order valence-electron chi connectivity index (χ1n) is 6.09. The van der Waals surface area contributed by atoms with E-state index in [9.17, 15) is 12.8 Å². The van der Waals surface area contributed by atoms with Gasteiger partial charge in [-0.15, -0.1) is 0 Å². The first kappa shape index (κ1) is 15.3. The summed E-state index contributed by atoms with van der Waals surface area (Å²) in [6, 6.07) is 10.4. The monoisotopic (exact) mass is 310 g/mol. The van der Waals surface area contributed by atoms with Gasteiger partial charge in [-0.2, -0.15) is 0 Å². The topological polar surface area (TPSA) is 81.4 Å². The molecule has 0 saturated carbocycles. The number of hydrogen-bond acceptors (Lipinski definition) is 4. The minimum atomic E-state index is -4.12. The van der Waals surface area contributed by atoms with Gasteiger partial charge in [0.2, 0.25) is 0 Å². The van der Waals surface area contributed by atoms with Crippen LogP contribution in [0.2, 0.25) is 0 Å². The highest BCUT2D eigenvalue weighted by molar-refractivity contribution is 7.92. The van der Waals surface area contributed by atoms with Crippen molar-refractivity contribution in [2.45, 2.75) is 11.5 Å². The number of methoxy groups -OCH3 is 1. The Balaban J connectivity index is 2.43. The molecule has 0 aliphatic heterocycles. The number of hydrogen-bond donors (Lipinski definition) is 2. The molecule has 0 atom stereocenters. The number of halogens is 1. The lowest BCUT2D eigenvalue weighted by Crippen LogP contribution is -2.17. The van der Waals surface area contributed by atoms with Crippen LogP contribution < -0.4 is 10.5 Å². The number of para-hydroxylation sites is 1. The van der Waals surface area contributed by atoms with Gasteiger partial charge in [0.1, 0.15) is 10.7 Å². The lowest BCUT2D eigenvalue weighted by Gasteiger charge is -2.13. The van der Waals surface area contributed by atoms with Crippen LogP contribution in [0.3, 0.4) is 0 Å². The summed E-state index contributed by atoms with van der Waals surface area (Å²) >= 11 is 0. The van der Waals surface area contributed by atoms with Gasteiger partial charge in [-0.25, -0.2) is 12.8 Å². The number of nitrogen functional groups attached to an aromatic ring is 1. The Labute approximate surface area is 122 Å². The van der Waals surface area contributed by atoms with Gasteiger partial charge in [0.15, 0.2) is 0 Å². The second-order valence-corrected chi connectivity index (χ2v) is 5.97. The zero-order valence-electron chi connectivity index (χ0n) is 11.3. The zero-order valence-corrected chi connectivity index (χ0v) is 12.2. The third-order valence-corrected chi connectivity index (χ3v) is 4.28. The molecule has 7 heteroatoms. The standard InChI is InChI=1S/C14H15FN2O3S/c1-20-9-10-5-2-3-8-13(10)17-21(18,19)14-11(15)6-4-7-12(14)16/h2-8,17H,9,16H2,1H3. The van der Waals surface area contributed by atoms with Gasteiger partial charge in [-0.3, -0.25) is 4.72 Å². The summed E-state index contributed by atoms with van der Waals surface area (Å²) in [5.74, 6) is -0.897. The molecular weight excluding hydrogens is 295 g/mol. The average molecular weight is 310 g/mol. The van der Waals surface area contributed by atoms with Crippen molar-refractivity contribution < 1.29 is 17.5 Å². The second-order valence-electron chi connectivity index (χ2n) is 4.35. The highest BCUT2D eigenvalue weighted by Gasteiger charge is 2.23. The molecule has 112 valence electrons. The van der Waals surface area contributed by atoms with Crippen LogP contribution in [0.5, 0.6) is 0 Å². The fourth-order valence-corrected chi connectivity index (χ4v) is 3.20. The molecule has 0 aromatic heterocycles. The van der Waals surface area contributed by atoms with E-state index in [1.165, 1.54) is 19.2 Å². The number of anilines is 2. The molecular formula is C14H15FN2O3S. The summed E-state index contributed by atoms with van der Waals surface area (Å²) in [6.07, 6.45) is 0. The molecule has 0 aliphatic rings. The van der Waals surface area contributed by atoms with E-state index in [-0.39, 0.29) is 12.3 Å². The van der Waals surface area contributed by atoms with Gasteiger partial charge in [-0.05, 0) is 18.2 Å². The zero-order chi connectivity index (χ0) is 15.5. The Bertz CT molecular complexity index is 727. The third-order valence-electron chi connectivity index (χ3n) is 2.83. The number of nitrogens with one attached hydrogen (secondary N) is 1. The fraction of sp³-hybridized carbons (Fsp3) is 0.143. The molecule has 0 spiro atoms. The van der Waals surface area contributed by atoms with Crippen LogP contribution in [0.4, 0.5) is 15.8 Å². The van der Waals surface area contributed by atoms with Crippen molar-refractivity contribution in [3.05, 3.63) is 53.8 Å². The number of sulfonamides is 1. The van der Waals surface area contributed by atoms with Crippen molar-refractivity contribution in [2.75, 3.05) is 17.6 Å². The van der Waals surface area contributed by atoms with Crippen molar-refractivity contribution in [1.82, 2.24) is 0 Å². The summed E-state index contributed by atoms with van der Waals surface area (Å²) < 4.78 is 45.8. The number of benzene rings is 2. The van der Waals surface area contributed by atoms with Crippen LogP contribution >= 0.6 is 0 Å². The molecule has 0 saturated heterocycles. The SMILES string of the molecule is COCc1ccccc1NS(=O)(=O)c1c(N)cccc1F. The van der Waals surface area contributed by atoms with Gasteiger partial charge in [0.25, 0.3) is 10.0 Å². The first-order chi connectivity index (χ1) is 9.95. The molecule has 0 bridgehead atoms. The lowest BCUT2D eigenvalue weighted by molar-refractivity contribution is 0.185. The van der Waals surface area contributed by atoms with Crippen molar-refractivity contribution in [2.24, 2.45) is 0 Å². The molecule has 0 radical (unpaired) electrons. The third kappa shape index (κ3) is 3.32. The molecule has 3 N–H and O–H groups in total. The Morgan fingerprint density at radius 2 is 1.90 bits per heavy atom. The molecule has 2 aromatic rings. The Kier molecular flexibility index (Phi) is 4.44. The van der Waals surface area contributed by atoms with Gasteiger partial charge in [0, 0.05) is 12.7 Å². The molecule has 0 amide bonds. The van der Waals surface area contributed by atoms with Crippen LogP contribution in [0.1, 0.15) is 5.56 Å². The minimum absolute atomic E-state index is 0.147. The minimum Gasteiger partial charge on any atom is -0.398 e. The van der Waals surface area contributed by atoms with Crippen molar-refractivity contribution in [1.29, 1.82) is 0 Å². The Morgan fingerprint density at radius 1 is 1.19 bits per heavy atom. The highest BCUT2D eigenvalue weighted by Crippen LogP contribution is 2.26. The molecule has 0 fully saturated rings. The highest BCUT2D eigenvalue weighted by atomic mass is 32.2. The molecule has 5 nitrogen and oxygen atoms in total. The molecule has 0 unspecified atom stereocenters. The Hall–Kier alpha value is -2.12. The van der Waals surface area contributed by atoms with Crippen LogP contribution in [-0.2, 0) is 21.4 Å². The van der Waals surface area contributed by atoms with Crippen molar-refractivity contribution in [3.8, 4) is 0 Å². The van der Waals surface area contributed by atoms with Crippen molar-refractivity contribution in [3.63, 3.8) is 0 Å². The van der Waals surface area contributed by atoms with Gasteiger partial charge < -0.3 is 10.5 Å². The maximum Gasteiger partial charge on any atom is 0.266 e. The van der Waals surface area contributed by atoms with E-state index in [4.69, 9.17) is 10.5 Å². The van der Waals surface area contributed by atoms with E-state index in [0.717, 1.165) is 6.07 Å². The average Bonchev–Trinajstić information content (AvgIpc) is 2.40. The van der Waals surface area contributed by atoms with E-state index >= 15 is 0 Å². The van der Waals surface area contributed by atoms with E-state index in [2.05, 4.69) is 4.72 Å². The maximum atomic E-state index is 13.8. The second kappa shape index (κ2) is 6.11. The quantitative estimate of drug-likeness (QED) is 0.831. The smallest absolute Gasteiger partial charge is 0.266 e. The normalized spacial score (nSPS) is 11.3. The summed E-state index contributed by atoms with van der Waals surface area (Å²) in [6.45, 7) is 0.228. The van der Waals surface area contributed by atoms with Crippen molar-refractivity contribution >= 4 is 21.4 Å². The van der Waals surface area contributed by atoms with Gasteiger partial charge in [-0.1, -0.05) is 24.3 Å². The molecule has 2 aromatic carbocycles. The number of rotatable bonds is 5. The summed E-state index contributed by atoms with van der Waals surface area (Å²) in [5.41, 5.74) is 6.39. The number of nitrogens with two attached hydrogens (primary N) is 1. The fourth-order valence-electron chi connectivity index (χ4n) is 1.91. The molecule has 0 aliphatic carbocycles. The summed E-state index contributed by atoms with van der Waals surface area (Å²) in [7, 11) is -2.62. The first-order valence-corrected chi connectivity index (χ1v) is 7.57. The van der Waals surface area contributed by atoms with Gasteiger partial charge in [0.05, 0.1) is 18.0 Å². The van der Waals surface area contributed by atoms with Crippen LogP contribution in [-0.4, -0.2) is 15.5 Å². The van der Waals surface area contributed by atoms with E-state index in [1.54, 1.807) is 24.3 Å². The van der Waals surface area contributed by atoms with E-state index in [0.29, 0.717) is 11.3 Å². The molecule has 21 heavy (non-hydrogen) atoms.